The van der Waals surface area contributed by atoms with E-state index in [-0.39, 0.29) is 11.5 Å². The van der Waals surface area contributed by atoms with Gasteiger partial charge >= 0.3 is 0 Å². The quantitative estimate of drug-likeness (QED) is 0.424. The highest BCUT2D eigenvalue weighted by Crippen LogP contribution is 2.26. The van der Waals surface area contributed by atoms with Crippen molar-refractivity contribution in [2.45, 2.75) is 19.8 Å². The normalized spacial score (nSPS) is 12.4. The van der Waals surface area contributed by atoms with E-state index in [1.54, 1.807) is 0 Å². The van der Waals surface area contributed by atoms with Gasteiger partial charge in [0.1, 0.15) is 11.6 Å². The molecule has 1 atom stereocenters. The van der Waals surface area contributed by atoms with Gasteiger partial charge in [0.05, 0.1) is 4.47 Å². The third-order valence-electron chi connectivity index (χ3n) is 3.46. The first kappa shape index (κ1) is 16.6. The molecule has 0 aliphatic rings. The molecule has 2 aromatic rings. The predicted octanol–water partition coefficient (Wildman–Crippen LogP) is 5.83. The van der Waals surface area contributed by atoms with Crippen molar-refractivity contribution in [3.63, 3.8) is 0 Å². The van der Waals surface area contributed by atoms with Crippen molar-refractivity contribution in [2.75, 3.05) is 5.33 Å². The van der Waals surface area contributed by atoms with Gasteiger partial charge in [0, 0.05) is 10.9 Å². The highest BCUT2D eigenvalue weighted by molar-refractivity contribution is 9.10. The third-order valence-corrected chi connectivity index (χ3v) is 4.98. The molecule has 21 heavy (non-hydrogen) atoms. The molecule has 0 bridgehead atoms. The van der Waals surface area contributed by atoms with E-state index in [9.17, 15) is 8.78 Å². The predicted molar refractivity (Wildman–Crippen MR) is 89.9 cm³/mol. The summed E-state index contributed by atoms with van der Waals surface area (Å²) in [4.78, 5) is 0. The zero-order valence-corrected chi connectivity index (χ0v) is 14.8. The van der Waals surface area contributed by atoms with E-state index < -0.39 is 11.6 Å². The average Bonchev–Trinajstić information content (AvgIpc) is 2.46. The molecule has 1 unspecified atom stereocenters. The van der Waals surface area contributed by atoms with Crippen LogP contribution in [-0.2, 0) is 12.8 Å². The lowest BCUT2D eigenvalue weighted by atomic mass is 9.93. The van der Waals surface area contributed by atoms with Crippen LogP contribution in [0.5, 0.6) is 0 Å². The molecular formula is C17H16Br2F2. The molecule has 0 aliphatic carbocycles. The Labute approximate surface area is 140 Å². The van der Waals surface area contributed by atoms with Crippen molar-refractivity contribution in [2.24, 2.45) is 5.92 Å². The van der Waals surface area contributed by atoms with E-state index in [4.69, 9.17) is 0 Å². The number of rotatable bonds is 5. The standard InChI is InChI=1S/C17H16Br2F2/c1-11-3-2-4-12(7-11)8-13(10-18)9-14-16(20)6-5-15(19)17(14)21/h2-7,13H,8-10H2,1H3. The van der Waals surface area contributed by atoms with E-state index in [0.29, 0.717) is 16.2 Å². The van der Waals surface area contributed by atoms with Crippen molar-refractivity contribution < 1.29 is 8.78 Å². The van der Waals surface area contributed by atoms with Crippen LogP contribution in [0, 0.1) is 24.5 Å². The number of benzene rings is 2. The van der Waals surface area contributed by atoms with Gasteiger partial charge in [-0.2, -0.15) is 0 Å². The number of halogens is 4. The van der Waals surface area contributed by atoms with Gasteiger partial charge in [0.25, 0.3) is 0 Å². The maximum absolute atomic E-state index is 14.1. The molecule has 0 aliphatic heterocycles. The van der Waals surface area contributed by atoms with Crippen molar-refractivity contribution in [3.8, 4) is 0 Å². The topological polar surface area (TPSA) is 0 Å². The molecule has 0 saturated carbocycles. The van der Waals surface area contributed by atoms with Crippen LogP contribution >= 0.6 is 31.9 Å². The third kappa shape index (κ3) is 4.36. The SMILES string of the molecule is Cc1cccc(CC(CBr)Cc2c(F)ccc(Br)c2F)c1. The Morgan fingerprint density at radius 3 is 2.52 bits per heavy atom. The van der Waals surface area contributed by atoms with Crippen LogP contribution in [0.1, 0.15) is 16.7 Å². The van der Waals surface area contributed by atoms with Gasteiger partial charge in [0.15, 0.2) is 0 Å². The lowest BCUT2D eigenvalue weighted by Crippen LogP contribution is -2.12. The van der Waals surface area contributed by atoms with Gasteiger partial charge in [-0.3, -0.25) is 0 Å². The zero-order chi connectivity index (χ0) is 15.4. The minimum absolute atomic E-state index is 0.144. The highest BCUT2D eigenvalue weighted by atomic mass is 79.9. The minimum atomic E-state index is -0.495. The Balaban J connectivity index is 2.18. The highest BCUT2D eigenvalue weighted by Gasteiger charge is 2.17. The average molecular weight is 418 g/mol. The number of alkyl halides is 1. The molecule has 0 aromatic heterocycles. The summed E-state index contributed by atoms with van der Waals surface area (Å²) in [5.74, 6) is -0.832. The summed E-state index contributed by atoms with van der Waals surface area (Å²) < 4.78 is 28.2. The van der Waals surface area contributed by atoms with Gasteiger partial charge in [0.2, 0.25) is 0 Å². The zero-order valence-electron chi connectivity index (χ0n) is 11.7. The first-order valence-electron chi connectivity index (χ1n) is 6.75. The fourth-order valence-corrected chi connectivity index (χ4v) is 3.23. The number of aryl methyl sites for hydroxylation is 1. The van der Waals surface area contributed by atoms with E-state index in [1.165, 1.54) is 23.3 Å². The minimum Gasteiger partial charge on any atom is -0.207 e. The largest absolute Gasteiger partial charge is 0.207 e. The van der Waals surface area contributed by atoms with E-state index >= 15 is 0 Å². The Morgan fingerprint density at radius 2 is 1.86 bits per heavy atom. The van der Waals surface area contributed by atoms with Gasteiger partial charge < -0.3 is 0 Å². The van der Waals surface area contributed by atoms with Gasteiger partial charge in [-0.05, 0) is 59.3 Å². The molecular weight excluding hydrogens is 402 g/mol. The second-order valence-electron chi connectivity index (χ2n) is 5.24. The Morgan fingerprint density at radius 1 is 1.10 bits per heavy atom. The summed E-state index contributed by atoms with van der Waals surface area (Å²) in [6.45, 7) is 2.04. The van der Waals surface area contributed by atoms with Crippen LogP contribution < -0.4 is 0 Å². The molecule has 0 N–H and O–H groups in total. The molecule has 0 saturated heterocycles. The summed E-state index contributed by atoms with van der Waals surface area (Å²) in [5.41, 5.74) is 2.54. The first-order chi connectivity index (χ1) is 10.0. The van der Waals surface area contributed by atoms with Crippen molar-refractivity contribution in [1.82, 2.24) is 0 Å². The van der Waals surface area contributed by atoms with Crippen molar-refractivity contribution >= 4 is 31.9 Å². The fraction of sp³-hybridized carbons (Fsp3) is 0.294. The van der Waals surface area contributed by atoms with Crippen LogP contribution in [-0.4, -0.2) is 5.33 Å². The molecule has 0 heterocycles. The monoisotopic (exact) mass is 416 g/mol. The van der Waals surface area contributed by atoms with Crippen molar-refractivity contribution in [3.05, 3.63) is 69.2 Å². The summed E-state index contributed by atoms with van der Waals surface area (Å²) in [6.07, 6.45) is 1.16. The molecule has 0 fully saturated rings. The van der Waals surface area contributed by atoms with Crippen LogP contribution in [0.2, 0.25) is 0 Å². The van der Waals surface area contributed by atoms with E-state index in [2.05, 4.69) is 44.0 Å². The molecule has 0 nitrogen and oxygen atoms in total. The lowest BCUT2D eigenvalue weighted by Gasteiger charge is -2.16. The Hall–Kier alpha value is -0.740. The second kappa shape index (κ2) is 7.50. The summed E-state index contributed by atoms with van der Waals surface area (Å²) >= 11 is 6.58. The molecule has 4 heteroatoms. The number of hydrogen-bond donors (Lipinski definition) is 0. The summed E-state index contributed by atoms with van der Waals surface area (Å²) in [5, 5.41) is 0.701. The summed E-state index contributed by atoms with van der Waals surface area (Å²) in [7, 11) is 0. The van der Waals surface area contributed by atoms with Gasteiger partial charge in [-0.15, -0.1) is 0 Å². The summed E-state index contributed by atoms with van der Waals surface area (Å²) in [6, 6.07) is 10.9. The van der Waals surface area contributed by atoms with Crippen LogP contribution in [0.3, 0.4) is 0 Å². The van der Waals surface area contributed by atoms with E-state index in [1.807, 2.05) is 19.1 Å². The van der Waals surface area contributed by atoms with E-state index in [0.717, 1.165) is 6.42 Å². The molecule has 0 spiro atoms. The van der Waals surface area contributed by atoms with Crippen molar-refractivity contribution in [1.29, 1.82) is 0 Å². The molecule has 2 aromatic carbocycles. The van der Waals surface area contributed by atoms with Gasteiger partial charge in [-0.1, -0.05) is 45.8 Å². The maximum Gasteiger partial charge on any atom is 0.143 e. The smallest absolute Gasteiger partial charge is 0.143 e. The molecule has 112 valence electrons. The van der Waals surface area contributed by atoms with Crippen LogP contribution in [0.25, 0.3) is 0 Å². The second-order valence-corrected chi connectivity index (χ2v) is 6.74. The molecule has 0 amide bonds. The van der Waals surface area contributed by atoms with Crippen LogP contribution in [0.4, 0.5) is 8.78 Å². The fourth-order valence-electron chi connectivity index (χ4n) is 2.40. The Bertz CT molecular complexity index is 626. The molecule has 0 radical (unpaired) electrons. The maximum atomic E-state index is 14.1. The first-order valence-corrected chi connectivity index (χ1v) is 8.66. The molecule has 2 rings (SSSR count). The van der Waals surface area contributed by atoms with Gasteiger partial charge in [-0.25, -0.2) is 8.78 Å². The lowest BCUT2D eigenvalue weighted by molar-refractivity contribution is 0.508. The van der Waals surface area contributed by atoms with Crippen LogP contribution in [0.15, 0.2) is 40.9 Å². The number of hydrogen-bond acceptors (Lipinski definition) is 0. The Kier molecular flexibility index (Phi) is 5.94.